The van der Waals surface area contributed by atoms with E-state index in [1.54, 1.807) is 6.07 Å². The van der Waals surface area contributed by atoms with Crippen LogP contribution in [0.5, 0.6) is 0 Å². The SMILES string of the molecule is CC1=CC(C)(C)NC(=S)N1c1cc(Cl)cc(Cl)c1. The molecule has 1 aliphatic rings. The van der Waals surface area contributed by atoms with Crippen molar-refractivity contribution in [3.8, 4) is 0 Å². The first-order valence-electron chi connectivity index (χ1n) is 5.56. The van der Waals surface area contributed by atoms with E-state index in [2.05, 4.69) is 25.2 Å². The summed E-state index contributed by atoms with van der Waals surface area (Å²) in [5.41, 5.74) is 1.79. The van der Waals surface area contributed by atoms with Crippen LogP contribution in [-0.2, 0) is 0 Å². The number of anilines is 1. The Bertz CT molecular complexity index is 518. The minimum Gasteiger partial charge on any atom is -0.354 e. The van der Waals surface area contributed by atoms with Crippen LogP contribution in [-0.4, -0.2) is 10.7 Å². The summed E-state index contributed by atoms with van der Waals surface area (Å²) < 4.78 is 0. The van der Waals surface area contributed by atoms with E-state index in [1.165, 1.54) is 0 Å². The Balaban J connectivity index is 2.47. The van der Waals surface area contributed by atoms with Gasteiger partial charge in [0.25, 0.3) is 0 Å². The van der Waals surface area contributed by atoms with Crippen molar-refractivity contribution in [2.75, 3.05) is 4.90 Å². The Morgan fingerprint density at radius 2 is 1.72 bits per heavy atom. The van der Waals surface area contributed by atoms with Gasteiger partial charge in [-0.05, 0) is 57.3 Å². The summed E-state index contributed by atoms with van der Waals surface area (Å²) in [7, 11) is 0. The molecule has 0 bridgehead atoms. The predicted octanol–water partition coefficient (Wildman–Crippen LogP) is 4.37. The molecule has 0 saturated heterocycles. The first-order valence-corrected chi connectivity index (χ1v) is 6.73. The normalized spacial score (nSPS) is 18.4. The van der Waals surface area contributed by atoms with Crippen molar-refractivity contribution in [2.24, 2.45) is 0 Å². The molecule has 1 heterocycles. The van der Waals surface area contributed by atoms with Crippen LogP contribution in [0.15, 0.2) is 30.0 Å². The number of allylic oxidation sites excluding steroid dienone is 1. The number of halogens is 2. The van der Waals surface area contributed by atoms with Crippen molar-refractivity contribution in [3.63, 3.8) is 0 Å². The van der Waals surface area contributed by atoms with Gasteiger partial charge in [-0.15, -0.1) is 0 Å². The van der Waals surface area contributed by atoms with Gasteiger partial charge in [-0.2, -0.15) is 0 Å². The predicted molar refractivity (Wildman–Crippen MR) is 82.5 cm³/mol. The van der Waals surface area contributed by atoms with E-state index < -0.39 is 0 Å². The van der Waals surface area contributed by atoms with E-state index in [-0.39, 0.29) is 5.54 Å². The maximum Gasteiger partial charge on any atom is 0.178 e. The number of rotatable bonds is 1. The van der Waals surface area contributed by atoms with Gasteiger partial charge in [0.05, 0.1) is 11.2 Å². The molecule has 0 saturated carbocycles. The molecule has 0 amide bonds. The highest BCUT2D eigenvalue weighted by Gasteiger charge is 2.27. The van der Waals surface area contributed by atoms with Crippen molar-refractivity contribution in [2.45, 2.75) is 26.3 Å². The summed E-state index contributed by atoms with van der Waals surface area (Å²) in [4.78, 5) is 1.93. The molecule has 96 valence electrons. The fraction of sp³-hybridized carbons (Fsp3) is 0.308. The minimum atomic E-state index is -0.139. The third-order valence-corrected chi connectivity index (χ3v) is 3.38. The highest BCUT2D eigenvalue weighted by atomic mass is 35.5. The van der Waals surface area contributed by atoms with Crippen LogP contribution in [0, 0.1) is 0 Å². The van der Waals surface area contributed by atoms with Gasteiger partial charge >= 0.3 is 0 Å². The average molecular weight is 301 g/mol. The van der Waals surface area contributed by atoms with E-state index in [9.17, 15) is 0 Å². The number of nitrogens with one attached hydrogen (secondary N) is 1. The molecule has 0 spiro atoms. The molecule has 0 aromatic heterocycles. The van der Waals surface area contributed by atoms with E-state index >= 15 is 0 Å². The maximum absolute atomic E-state index is 6.03. The zero-order valence-corrected chi connectivity index (χ0v) is 12.7. The topological polar surface area (TPSA) is 15.3 Å². The number of thiocarbonyl (C=S) groups is 1. The number of hydrogen-bond acceptors (Lipinski definition) is 1. The molecule has 1 N–H and O–H groups in total. The molecule has 0 unspecified atom stereocenters. The largest absolute Gasteiger partial charge is 0.354 e. The highest BCUT2D eigenvalue weighted by molar-refractivity contribution is 7.80. The fourth-order valence-corrected chi connectivity index (χ4v) is 3.13. The van der Waals surface area contributed by atoms with Crippen molar-refractivity contribution in [1.29, 1.82) is 0 Å². The average Bonchev–Trinajstić information content (AvgIpc) is 2.11. The number of benzene rings is 1. The van der Waals surface area contributed by atoms with Crippen molar-refractivity contribution < 1.29 is 0 Å². The van der Waals surface area contributed by atoms with Gasteiger partial charge < -0.3 is 5.32 Å². The maximum atomic E-state index is 6.03. The number of nitrogens with zero attached hydrogens (tertiary/aromatic N) is 1. The lowest BCUT2D eigenvalue weighted by molar-refractivity contribution is 0.560. The Kier molecular flexibility index (Phi) is 3.58. The fourth-order valence-electron chi connectivity index (χ4n) is 2.10. The molecule has 1 aromatic rings. The Hall–Kier alpha value is -0.770. The van der Waals surface area contributed by atoms with E-state index in [0.29, 0.717) is 15.2 Å². The first kappa shape index (κ1) is 13.7. The molecule has 18 heavy (non-hydrogen) atoms. The summed E-state index contributed by atoms with van der Waals surface area (Å²) in [5, 5.41) is 5.11. The molecular weight excluding hydrogens is 287 g/mol. The summed E-state index contributed by atoms with van der Waals surface area (Å²) in [6.45, 7) is 6.17. The van der Waals surface area contributed by atoms with Gasteiger partial charge in [0.1, 0.15) is 0 Å². The standard InChI is InChI=1S/C13H14Cl2N2S/c1-8-7-13(2,3)16-12(18)17(8)11-5-9(14)4-10(15)6-11/h4-7H,1-3H3,(H,16,18). The van der Waals surface area contributed by atoms with Crippen molar-refractivity contribution >= 4 is 46.2 Å². The molecule has 1 aliphatic heterocycles. The number of hydrogen-bond donors (Lipinski definition) is 1. The Morgan fingerprint density at radius 3 is 2.22 bits per heavy atom. The van der Waals surface area contributed by atoms with Crippen LogP contribution in [0.3, 0.4) is 0 Å². The second-order valence-corrected chi connectivity index (χ2v) is 6.16. The summed E-state index contributed by atoms with van der Waals surface area (Å²) in [6, 6.07) is 5.39. The first-order chi connectivity index (χ1) is 8.28. The van der Waals surface area contributed by atoms with Crippen LogP contribution in [0.2, 0.25) is 10.0 Å². The van der Waals surface area contributed by atoms with Crippen LogP contribution in [0.1, 0.15) is 20.8 Å². The summed E-state index contributed by atoms with van der Waals surface area (Å²) >= 11 is 17.5. The lowest BCUT2D eigenvalue weighted by Crippen LogP contribution is -2.53. The second-order valence-electron chi connectivity index (χ2n) is 4.90. The van der Waals surface area contributed by atoms with Gasteiger partial charge in [0.2, 0.25) is 0 Å². The third kappa shape index (κ3) is 2.79. The Labute approximate surface area is 123 Å². The van der Waals surface area contributed by atoms with E-state index in [0.717, 1.165) is 11.4 Å². The molecule has 0 fully saturated rings. The monoisotopic (exact) mass is 300 g/mol. The van der Waals surface area contributed by atoms with E-state index in [1.807, 2.05) is 24.0 Å². The quantitative estimate of drug-likeness (QED) is 0.775. The van der Waals surface area contributed by atoms with Gasteiger partial charge in [-0.25, -0.2) is 0 Å². The molecule has 2 rings (SSSR count). The molecule has 5 heteroatoms. The van der Waals surface area contributed by atoms with Crippen LogP contribution < -0.4 is 10.2 Å². The van der Waals surface area contributed by atoms with Gasteiger partial charge in [0.15, 0.2) is 5.11 Å². The summed E-state index contributed by atoms with van der Waals surface area (Å²) in [5.74, 6) is 0. The van der Waals surface area contributed by atoms with Crippen LogP contribution in [0.4, 0.5) is 5.69 Å². The van der Waals surface area contributed by atoms with Gasteiger partial charge in [-0.3, -0.25) is 4.90 Å². The van der Waals surface area contributed by atoms with E-state index in [4.69, 9.17) is 35.4 Å². The van der Waals surface area contributed by atoms with Crippen molar-refractivity contribution in [3.05, 3.63) is 40.0 Å². The van der Waals surface area contributed by atoms with Crippen molar-refractivity contribution in [1.82, 2.24) is 5.32 Å². The van der Waals surface area contributed by atoms with Gasteiger partial charge in [-0.1, -0.05) is 23.2 Å². The molecule has 0 radical (unpaired) electrons. The minimum absolute atomic E-state index is 0.139. The Morgan fingerprint density at radius 1 is 1.17 bits per heavy atom. The molecule has 0 atom stereocenters. The highest BCUT2D eigenvalue weighted by Crippen LogP contribution is 2.30. The molecule has 0 aliphatic carbocycles. The lowest BCUT2D eigenvalue weighted by atomic mass is 10.0. The summed E-state index contributed by atoms with van der Waals surface area (Å²) in [6.07, 6.45) is 2.12. The smallest absolute Gasteiger partial charge is 0.178 e. The zero-order chi connectivity index (χ0) is 13.5. The molecule has 1 aromatic carbocycles. The van der Waals surface area contributed by atoms with Crippen LogP contribution >= 0.6 is 35.4 Å². The van der Waals surface area contributed by atoms with Crippen LogP contribution in [0.25, 0.3) is 0 Å². The molecular formula is C13H14Cl2N2S. The second kappa shape index (κ2) is 4.72. The third-order valence-electron chi connectivity index (χ3n) is 2.66. The van der Waals surface area contributed by atoms with Gasteiger partial charge in [0, 0.05) is 15.7 Å². The zero-order valence-electron chi connectivity index (χ0n) is 10.4. The molecule has 2 nitrogen and oxygen atoms in total. The lowest BCUT2D eigenvalue weighted by Gasteiger charge is -2.38.